The van der Waals surface area contributed by atoms with E-state index >= 15 is 0 Å². The third kappa shape index (κ3) is 5.23. The van der Waals surface area contributed by atoms with Gasteiger partial charge in [-0.3, -0.25) is 4.90 Å². The summed E-state index contributed by atoms with van der Waals surface area (Å²) >= 11 is 0. The fraction of sp³-hybridized carbons (Fsp3) is 0.480. The van der Waals surface area contributed by atoms with Crippen molar-refractivity contribution in [2.24, 2.45) is 5.92 Å². The molecule has 0 heterocycles. The van der Waals surface area contributed by atoms with Crippen LogP contribution in [0.1, 0.15) is 63.3 Å². The van der Waals surface area contributed by atoms with Crippen molar-refractivity contribution in [2.75, 3.05) is 7.05 Å². The molecule has 0 N–H and O–H groups in total. The van der Waals surface area contributed by atoms with Gasteiger partial charge < -0.3 is 0 Å². The minimum Gasteiger partial charge on any atom is -0.297 e. The summed E-state index contributed by atoms with van der Waals surface area (Å²) in [5.74, 6) is -0.0247. The number of alkyl halides is 3. The number of benzene rings is 2. The van der Waals surface area contributed by atoms with Gasteiger partial charge in [0.05, 0.1) is 17.0 Å². The van der Waals surface area contributed by atoms with Gasteiger partial charge in [-0.2, -0.15) is 18.4 Å². The highest BCUT2D eigenvalue weighted by Gasteiger charge is 2.38. The van der Waals surface area contributed by atoms with E-state index in [0.29, 0.717) is 12.0 Å². The number of halogens is 3. The van der Waals surface area contributed by atoms with E-state index in [1.54, 1.807) is 0 Å². The van der Waals surface area contributed by atoms with Crippen molar-refractivity contribution in [3.8, 4) is 6.07 Å². The van der Waals surface area contributed by atoms with Crippen molar-refractivity contribution in [2.45, 2.75) is 64.2 Å². The largest absolute Gasteiger partial charge is 0.416 e. The van der Waals surface area contributed by atoms with Crippen molar-refractivity contribution >= 4 is 0 Å². The van der Waals surface area contributed by atoms with Gasteiger partial charge in [-0.1, -0.05) is 56.3 Å². The molecule has 0 spiro atoms. The van der Waals surface area contributed by atoms with Crippen LogP contribution in [-0.4, -0.2) is 18.0 Å². The van der Waals surface area contributed by atoms with Crippen LogP contribution in [0.2, 0.25) is 0 Å². The van der Waals surface area contributed by atoms with Gasteiger partial charge in [0.15, 0.2) is 0 Å². The van der Waals surface area contributed by atoms with E-state index in [0.717, 1.165) is 18.6 Å². The number of nitrogens with zero attached hydrogens (tertiary/aromatic N) is 2. The maximum absolute atomic E-state index is 12.9. The Morgan fingerprint density at radius 1 is 0.900 bits per heavy atom. The molecule has 30 heavy (non-hydrogen) atoms. The molecule has 0 amide bonds. The van der Waals surface area contributed by atoms with Crippen molar-refractivity contribution in [1.82, 2.24) is 4.90 Å². The lowest BCUT2D eigenvalue weighted by Crippen LogP contribution is -2.36. The van der Waals surface area contributed by atoms with E-state index in [1.807, 2.05) is 32.0 Å². The van der Waals surface area contributed by atoms with Gasteiger partial charge in [-0.05, 0) is 62.9 Å². The molecule has 2 rings (SSSR count). The molecule has 162 valence electrons. The number of hydrogen-bond acceptors (Lipinski definition) is 2. The lowest BCUT2D eigenvalue weighted by molar-refractivity contribution is -0.137. The van der Waals surface area contributed by atoms with E-state index in [9.17, 15) is 18.4 Å². The van der Waals surface area contributed by atoms with Crippen LogP contribution in [0.25, 0.3) is 0 Å². The summed E-state index contributed by atoms with van der Waals surface area (Å²) < 4.78 is 38.8. The summed E-state index contributed by atoms with van der Waals surface area (Å²) in [5.41, 5.74) is 0.366. The first-order valence-electron chi connectivity index (χ1n) is 10.4. The quantitative estimate of drug-likeness (QED) is 0.464. The Morgan fingerprint density at radius 3 is 1.90 bits per heavy atom. The molecule has 0 radical (unpaired) electrons. The van der Waals surface area contributed by atoms with E-state index in [4.69, 9.17) is 0 Å². The summed E-state index contributed by atoms with van der Waals surface area (Å²) in [5, 5.41) is 10.1. The minimum atomic E-state index is -4.38. The smallest absolute Gasteiger partial charge is 0.297 e. The van der Waals surface area contributed by atoms with Crippen LogP contribution in [0, 0.1) is 17.2 Å². The molecule has 5 heteroatoms. The average Bonchev–Trinajstić information content (AvgIpc) is 2.73. The van der Waals surface area contributed by atoms with Crippen LogP contribution >= 0.6 is 0 Å². The molecule has 3 atom stereocenters. The molecule has 0 bridgehead atoms. The zero-order chi connectivity index (χ0) is 22.5. The fourth-order valence-electron chi connectivity index (χ4n) is 3.96. The molecule has 2 aromatic rings. The van der Waals surface area contributed by atoms with Crippen LogP contribution in [0.3, 0.4) is 0 Å². The van der Waals surface area contributed by atoms with Gasteiger partial charge >= 0.3 is 6.18 Å². The van der Waals surface area contributed by atoms with Crippen molar-refractivity contribution < 1.29 is 13.2 Å². The zero-order valence-corrected chi connectivity index (χ0v) is 18.4. The third-order valence-electron chi connectivity index (χ3n) is 6.46. The lowest BCUT2D eigenvalue weighted by atomic mass is 9.69. The molecule has 0 aliphatic rings. The van der Waals surface area contributed by atoms with Crippen LogP contribution in [-0.2, 0) is 11.6 Å². The van der Waals surface area contributed by atoms with E-state index < -0.39 is 17.2 Å². The fourth-order valence-corrected chi connectivity index (χ4v) is 3.96. The first-order valence-corrected chi connectivity index (χ1v) is 10.4. The van der Waals surface area contributed by atoms with Gasteiger partial charge in [0.25, 0.3) is 0 Å². The minimum absolute atomic E-state index is 0.0247. The molecule has 0 aromatic heterocycles. The monoisotopic (exact) mass is 416 g/mol. The topological polar surface area (TPSA) is 27.0 Å². The molecule has 0 fully saturated rings. The number of rotatable bonds is 8. The Hall–Kier alpha value is -2.32. The molecule has 0 saturated carbocycles. The van der Waals surface area contributed by atoms with Crippen LogP contribution in [0.15, 0.2) is 54.6 Å². The molecule has 0 saturated heterocycles. The Balaban J connectivity index is 2.19. The summed E-state index contributed by atoms with van der Waals surface area (Å²) in [6, 6.07) is 18.2. The standard InChI is InChI=1S/C25H31F3N2/c1-18(2)24(17-29,22-11-13-23(14-12-22)25(26,27)28)16-15-19(3)30(5)20(4)21-9-7-6-8-10-21/h6-14,18-20H,15-16H2,1-5H3. The Morgan fingerprint density at radius 2 is 1.43 bits per heavy atom. The van der Waals surface area contributed by atoms with E-state index in [-0.39, 0.29) is 18.0 Å². The third-order valence-corrected chi connectivity index (χ3v) is 6.46. The summed E-state index contributed by atoms with van der Waals surface area (Å²) in [6.45, 7) is 8.21. The van der Waals surface area contributed by atoms with Gasteiger partial charge in [-0.15, -0.1) is 0 Å². The predicted octanol–water partition coefficient (Wildman–Crippen LogP) is 6.98. The average molecular weight is 417 g/mol. The maximum atomic E-state index is 12.9. The second kappa shape index (κ2) is 9.66. The predicted molar refractivity (Wildman–Crippen MR) is 115 cm³/mol. The first-order chi connectivity index (χ1) is 14.0. The molecule has 3 unspecified atom stereocenters. The van der Waals surface area contributed by atoms with Gasteiger partial charge in [0.1, 0.15) is 0 Å². The maximum Gasteiger partial charge on any atom is 0.416 e. The number of nitriles is 1. The van der Waals surface area contributed by atoms with E-state index in [1.165, 1.54) is 17.7 Å². The highest BCUT2D eigenvalue weighted by Crippen LogP contribution is 2.39. The zero-order valence-electron chi connectivity index (χ0n) is 18.4. The highest BCUT2D eigenvalue weighted by molar-refractivity contribution is 5.36. The van der Waals surface area contributed by atoms with Crippen LogP contribution in [0.5, 0.6) is 0 Å². The lowest BCUT2D eigenvalue weighted by Gasteiger charge is -2.36. The molecule has 2 aromatic carbocycles. The highest BCUT2D eigenvalue weighted by atomic mass is 19.4. The normalized spacial score (nSPS) is 16.2. The Labute approximate surface area is 178 Å². The first kappa shape index (κ1) is 24.0. The van der Waals surface area contributed by atoms with E-state index in [2.05, 4.69) is 44.0 Å². The summed E-state index contributed by atoms with van der Waals surface area (Å²) in [6.07, 6.45) is -3.03. The summed E-state index contributed by atoms with van der Waals surface area (Å²) in [7, 11) is 2.07. The molecular formula is C25H31F3N2. The molecule has 0 aliphatic carbocycles. The Bertz CT molecular complexity index is 837. The second-order valence-electron chi connectivity index (χ2n) is 8.45. The van der Waals surface area contributed by atoms with Gasteiger partial charge in [-0.25, -0.2) is 0 Å². The van der Waals surface area contributed by atoms with Crippen molar-refractivity contribution in [3.05, 3.63) is 71.3 Å². The number of hydrogen-bond donors (Lipinski definition) is 0. The van der Waals surface area contributed by atoms with Crippen molar-refractivity contribution in [3.63, 3.8) is 0 Å². The SMILES string of the molecule is CC(CCC(C#N)(c1ccc(C(F)(F)F)cc1)C(C)C)N(C)C(C)c1ccccc1. The van der Waals surface area contributed by atoms with Crippen LogP contribution < -0.4 is 0 Å². The molecular weight excluding hydrogens is 385 g/mol. The molecule has 0 aliphatic heterocycles. The van der Waals surface area contributed by atoms with Gasteiger partial charge in [0.2, 0.25) is 0 Å². The second-order valence-corrected chi connectivity index (χ2v) is 8.45. The van der Waals surface area contributed by atoms with Gasteiger partial charge in [0, 0.05) is 12.1 Å². The molecule has 2 nitrogen and oxygen atoms in total. The van der Waals surface area contributed by atoms with Crippen LogP contribution in [0.4, 0.5) is 13.2 Å². The van der Waals surface area contributed by atoms with Crippen molar-refractivity contribution in [1.29, 1.82) is 5.26 Å². The Kier molecular flexibility index (Phi) is 7.71. The summed E-state index contributed by atoms with van der Waals surface area (Å²) in [4.78, 5) is 2.28.